The number of hydrogen-bond donors (Lipinski definition) is 2. The number of benzene rings is 3. The van der Waals surface area contributed by atoms with Crippen LogP contribution in [0.15, 0.2) is 94.3 Å². The van der Waals surface area contributed by atoms with Crippen molar-refractivity contribution in [2.45, 2.75) is 5.92 Å². The first-order chi connectivity index (χ1) is 16.1. The molecule has 5 rings (SSSR count). The number of para-hydroxylation sites is 2. The van der Waals surface area contributed by atoms with Gasteiger partial charge >= 0.3 is 5.63 Å². The molecule has 0 saturated carbocycles. The lowest BCUT2D eigenvalue weighted by molar-refractivity contribution is 0.0949. The summed E-state index contributed by atoms with van der Waals surface area (Å²) < 4.78 is 10.6. The van der Waals surface area contributed by atoms with Gasteiger partial charge in [-0.25, -0.2) is 4.79 Å². The predicted molar refractivity (Wildman–Crippen MR) is 128 cm³/mol. The van der Waals surface area contributed by atoms with Gasteiger partial charge in [0, 0.05) is 34.9 Å². The fourth-order valence-corrected chi connectivity index (χ4v) is 4.14. The molecule has 3 aromatic carbocycles. The summed E-state index contributed by atoms with van der Waals surface area (Å²) in [6, 6.07) is 24.5. The predicted octanol–water partition coefficient (Wildman–Crippen LogP) is 4.84. The lowest BCUT2D eigenvalue weighted by Gasteiger charge is -2.18. The van der Waals surface area contributed by atoms with Crippen LogP contribution in [0.2, 0.25) is 0 Å². The highest BCUT2D eigenvalue weighted by molar-refractivity contribution is 5.96. The molecule has 2 aromatic heterocycles. The van der Waals surface area contributed by atoms with E-state index in [-0.39, 0.29) is 11.5 Å². The normalized spacial score (nSPS) is 12.0. The van der Waals surface area contributed by atoms with Crippen molar-refractivity contribution in [3.8, 4) is 5.75 Å². The van der Waals surface area contributed by atoms with Gasteiger partial charge < -0.3 is 19.5 Å². The molecule has 0 aliphatic heterocycles. The third-order valence-corrected chi connectivity index (χ3v) is 5.87. The van der Waals surface area contributed by atoms with E-state index >= 15 is 0 Å². The van der Waals surface area contributed by atoms with Crippen molar-refractivity contribution in [1.29, 1.82) is 0 Å². The maximum atomic E-state index is 13.0. The fourth-order valence-electron chi connectivity index (χ4n) is 4.14. The van der Waals surface area contributed by atoms with Gasteiger partial charge in [-0.1, -0.05) is 48.5 Å². The largest absolute Gasteiger partial charge is 0.497 e. The van der Waals surface area contributed by atoms with Gasteiger partial charge in [0.25, 0.3) is 5.91 Å². The van der Waals surface area contributed by atoms with Crippen LogP contribution in [0.25, 0.3) is 21.9 Å². The summed E-state index contributed by atoms with van der Waals surface area (Å²) in [7, 11) is 1.63. The maximum absolute atomic E-state index is 13.0. The Balaban J connectivity index is 1.48. The number of H-pyrrole nitrogens is 1. The number of nitrogens with one attached hydrogen (secondary N) is 2. The van der Waals surface area contributed by atoms with E-state index in [2.05, 4.69) is 16.4 Å². The lowest BCUT2D eigenvalue weighted by Crippen LogP contribution is -2.32. The van der Waals surface area contributed by atoms with E-state index in [1.807, 2.05) is 54.7 Å². The minimum absolute atomic E-state index is 0.0129. The Kier molecular flexibility index (Phi) is 5.40. The number of carbonyl (C=O) groups is 1. The Hall–Kier alpha value is -4.32. The molecule has 0 spiro atoms. The smallest absolute Gasteiger partial charge is 0.349 e. The Morgan fingerprint density at radius 1 is 1.03 bits per heavy atom. The number of aromatic amines is 1. The highest BCUT2D eigenvalue weighted by Gasteiger charge is 2.21. The highest BCUT2D eigenvalue weighted by atomic mass is 16.5. The molecule has 2 N–H and O–H groups in total. The molecule has 164 valence electrons. The summed E-state index contributed by atoms with van der Waals surface area (Å²) in [5.74, 6) is 0.158. The zero-order chi connectivity index (χ0) is 22.8. The summed E-state index contributed by atoms with van der Waals surface area (Å²) in [4.78, 5) is 28.7. The van der Waals surface area contributed by atoms with Crippen LogP contribution in [-0.4, -0.2) is 24.5 Å². The average Bonchev–Trinajstić information content (AvgIpc) is 3.28. The van der Waals surface area contributed by atoms with Gasteiger partial charge in [0.1, 0.15) is 16.9 Å². The molecular weight excluding hydrogens is 416 g/mol. The summed E-state index contributed by atoms with van der Waals surface area (Å²) in [5, 5.41) is 4.72. The second-order valence-electron chi connectivity index (χ2n) is 7.81. The van der Waals surface area contributed by atoms with E-state index in [9.17, 15) is 9.59 Å². The van der Waals surface area contributed by atoms with E-state index in [4.69, 9.17) is 9.15 Å². The Labute approximate surface area is 189 Å². The van der Waals surface area contributed by atoms with E-state index in [0.717, 1.165) is 27.8 Å². The quantitative estimate of drug-likeness (QED) is 0.372. The number of hydrogen-bond acceptors (Lipinski definition) is 4. The topological polar surface area (TPSA) is 84.3 Å². The molecule has 0 saturated heterocycles. The monoisotopic (exact) mass is 438 g/mol. The second-order valence-corrected chi connectivity index (χ2v) is 7.81. The van der Waals surface area contributed by atoms with Gasteiger partial charge in [0.05, 0.1) is 7.11 Å². The number of fused-ring (bicyclic) bond motifs is 2. The van der Waals surface area contributed by atoms with Crippen LogP contribution in [0, 0.1) is 0 Å². The Morgan fingerprint density at radius 2 is 1.79 bits per heavy atom. The number of aromatic nitrogens is 1. The maximum Gasteiger partial charge on any atom is 0.349 e. The number of amides is 1. The third kappa shape index (κ3) is 3.99. The Bertz CT molecular complexity index is 1500. The van der Waals surface area contributed by atoms with E-state index in [0.29, 0.717) is 17.5 Å². The molecule has 0 aliphatic rings. The summed E-state index contributed by atoms with van der Waals surface area (Å²) in [6.07, 6.45) is 1.97. The molecule has 0 fully saturated rings. The Morgan fingerprint density at radius 3 is 2.61 bits per heavy atom. The molecule has 1 atom stereocenters. The first-order valence-electron chi connectivity index (χ1n) is 10.6. The molecule has 0 bridgehead atoms. The molecule has 33 heavy (non-hydrogen) atoms. The molecular formula is C27H22N2O4. The second kappa shape index (κ2) is 8.67. The summed E-state index contributed by atoms with van der Waals surface area (Å²) in [5.41, 5.74) is 2.88. The van der Waals surface area contributed by atoms with Crippen LogP contribution in [0.4, 0.5) is 0 Å². The minimum atomic E-state index is -0.653. The number of rotatable bonds is 6. The molecule has 0 aliphatic carbocycles. The van der Waals surface area contributed by atoms with Crippen molar-refractivity contribution in [2.75, 3.05) is 13.7 Å². The van der Waals surface area contributed by atoms with Gasteiger partial charge in [-0.3, -0.25) is 4.79 Å². The lowest BCUT2D eigenvalue weighted by atomic mass is 9.90. The van der Waals surface area contributed by atoms with E-state index < -0.39 is 11.5 Å². The minimum Gasteiger partial charge on any atom is -0.497 e. The third-order valence-electron chi connectivity index (χ3n) is 5.87. The van der Waals surface area contributed by atoms with Crippen molar-refractivity contribution in [3.05, 3.63) is 112 Å². The van der Waals surface area contributed by atoms with Crippen molar-refractivity contribution < 1.29 is 13.9 Å². The van der Waals surface area contributed by atoms with Gasteiger partial charge in [0.15, 0.2) is 0 Å². The zero-order valence-corrected chi connectivity index (χ0v) is 18.0. The van der Waals surface area contributed by atoms with Crippen LogP contribution in [0.1, 0.15) is 27.4 Å². The molecule has 5 aromatic rings. The number of ether oxygens (including phenoxy) is 1. The van der Waals surface area contributed by atoms with E-state index in [1.165, 1.54) is 0 Å². The van der Waals surface area contributed by atoms with Crippen LogP contribution >= 0.6 is 0 Å². The number of carbonyl (C=O) groups excluding carboxylic acids is 1. The molecule has 6 nitrogen and oxygen atoms in total. The standard InChI is InChI=1S/C27H22N2O4/c1-32-19-12-10-17(11-13-19)22(23-16-28-24-8-4-3-7-20(23)24)15-29-26(30)21-14-18-6-2-5-9-25(18)33-27(21)31/h2-14,16,22,28H,15H2,1H3,(H,29,30)/t22-/m1/s1. The number of methoxy groups -OCH3 is 1. The summed E-state index contributed by atoms with van der Waals surface area (Å²) >= 11 is 0. The van der Waals surface area contributed by atoms with Gasteiger partial charge in [0.2, 0.25) is 0 Å². The van der Waals surface area contributed by atoms with Crippen LogP contribution < -0.4 is 15.7 Å². The molecule has 0 radical (unpaired) electrons. The summed E-state index contributed by atoms with van der Waals surface area (Å²) in [6.45, 7) is 0.305. The van der Waals surface area contributed by atoms with Crippen LogP contribution in [0.5, 0.6) is 5.75 Å². The first kappa shape index (κ1) is 20.6. The first-order valence-corrected chi connectivity index (χ1v) is 10.6. The molecule has 6 heteroatoms. The van der Waals surface area contributed by atoms with Crippen molar-refractivity contribution >= 4 is 27.8 Å². The van der Waals surface area contributed by atoms with Gasteiger partial charge in [-0.15, -0.1) is 0 Å². The van der Waals surface area contributed by atoms with Crippen LogP contribution in [-0.2, 0) is 0 Å². The molecule has 0 unspecified atom stereocenters. The zero-order valence-electron chi connectivity index (χ0n) is 18.0. The fraction of sp³-hybridized carbons (Fsp3) is 0.111. The van der Waals surface area contributed by atoms with Gasteiger partial charge in [-0.2, -0.15) is 0 Å². The van der Waals surface area contributed by atoms with Crippen molar-refractivity contribution in [2.24, 2.45) is 0 Å². The van der Waals surface area contributed by atoms with E-state index in [1.54, 1.807) is 31.4 Å². The molecule has 2 heterocycles. The van der Waals surface area contributed by atoms with Gasteiger partial charge in [-0.05, 0) is 41.5 Å². The SMILES string of the molecule is COc1ccc([C@@H](CNC(=O)c2cc3ccccc3oc2=O)c2c[nH]c3ccccc23)cc1. The van der Waals surface area contributed by atoms with Crippen molar-refractivity contribution in [1.82, 2.24) is 10.3 Å². The highest BCUT2D eigenvalue weighted by Crippen LogP contribution is 2.31. The molecule has 1 amide bonds. The average molecular weight is 438 g/mol. The van der Waals surface area contributed by atoms with Crippen LogP contribution in [0.3, 0.4) is 0 Å². The van der Waals surface area contributed by atoms with Crippen molar-refractivity contribution in [3.63, 3.8) is 0 Å².